The Balaban J connectivity index is 1.36. The smallest absolute Gasteiger partial charge is 0.456 e. The number of aliphatic hydroxyl groups is 1. The van der Waals surface area contributed by atoms with E-state index in [1.165, 1.54) is 6.92 Å². The predicted octanol–water partition coefficient (Wildman–Crippen LogP) is 8.78. The lowest BCUT2D eigenvalue weighted by atomic mass is 9.50. The highest BCUT2D eigenvalue weighted by atomic mass is 19.4. The molecular weight excluding hydrogens is 575 g/mol. The molecule has 0 aliphatic heterocycles. The van der Waals surface area contributed by atoms with Gasteiger partial charge in [-0.1, -0.05) is 61.0 Å². The molecule has 2 aromatic carbocycles. The monoisotopic (exact) mass is 612 g/mol. The lowest BCUT2D eigenvalue weighted by molar-refractivity contribution is -0.362. The van der Waals surface area contributed by atoms with Gasteiger partial charge in [0.2, 0.25) is 0 Å². The van der Waals surface area contributed by atoms with Gasteiger partial charge in [-0.25, -0.2) is 0 Å². The Hall–Kier alpha value is -3.26. The molecule has 5 atom stereocenters. The second-order valence-electron chi connectivity index (χ2n) is 13.1. The molecule has 1 N–H and O–H groups in total. The molecular formula is C36H37F5O3. The van der Waals surface area contributed by atoms with Gasteiger partial charge in [0.05, 0.1) is 7.11 Å². The van der Waals surface area contributed by atoms with Crippen molar-refractivity contribution in [2.75, 3.05) is 7.11 Å². The summed E-state index contributed by atoms with van der Waals surface area (Å²) < 4.78 is 76.9. The third-order valence-electron chi connectivity index (χ3n) is 10.9. The third-order valence-corrected chi connectivity index (χ3v) is 10.9. The van der Waals surface area contributed by atoms with Gasteiger partial charge in [0.1, 0.15) is 11.4 Å². The van der Waals surface area contributed by atoms with Crippen LogP contribution in [-0.2, 0) is 11.2 Å². The normalized spacial score (nSPS) is 30.6. The molecule has 0 amide bonds. The molecule has 8 heteroatoms. The highest BCUT2D eigenvalue weighted by Crippen LogP contribution is 2.70. The first-order valence-electron chi connectivity index (χ1n) is 15.3. The Labute approximate surface area is 254 Å². The molecule has 44 heavy (non-hydrogen) atoms. The number of methoxy groups -OCH3 is 1. The van der Waals surface area contributed by atoms with E-state index < -0.39 is 41.4 Å². The highest BCUT2D eigenvalue weighted by molar-refractivity contribution is 5.93. The zero-order valence-corrected chi connectivity index (χ0v) is 24.9. The molecule has 3 nitrogen and oxygen atoms in total. The predicted molar refractivity (Wildman–Crippen MR) is 158 cm³/mol. The van der Waals surface area contributed by atoms with Crippen LogP contribution in [0.4, 0.5) is 22.0 Å². The number of benzene rings is 2. The minimum Gasteiger partial charge on any atom is -0.497 e. The summed E-state index contributed by atoms with van der Waals surface area (Å²) in [6.07, 6.45) is 2.09. The number of halogens is 5. The summed E-state index contributed by atoms with van der Waals surface area (Å²) in [4.78, 5) is 12.3. The van der Waals surface area contributed by atoms with Crippen LogP contribution in [0, 0.1) is 17.3 Å². The van der Waals surface area contributed by atoms with Crippen LogP contribution in [0.3, 0.4) is 0 Å². The van der Waals surface area contributed by atoms with E-state index in [9.17, 15) is 23.1 Å². The minimum atomic E-state index is -5.86. The Kier molecular flexibility index (Phi) is 7.67. The quantitative estimate of drug-likeness (QED) is 0.332. The van der Waals surface area contributed by atoms with Crippen LogP contribution in [-0.4, -0.2) is 35.7 Å². The first-order valence-corrected chi connectivity index (χ1v) is 15.3. The summed E-state index contributed by atoms with van der Waals surface area (Å²) in [7, 11) is 1.62. The molecule has 2 saturated carbocycles. The zero-order chi connectivity index (χ0) is 31.5. The molecule has 4 aliphatic rings. The molecule has 0 radical (unpaired) electrons. The van der Waals surface area contributed by atoms with E-state index in [4.69, 9.17) is 4.74 Å². The van der Waals surface area contributed by atoms with Gasteiger partial charge in [0, 0.05) is 17.8 Å². The second kappa shape index (κ2) is 11.0. The maximum atomic E-state index is 15.2. The Bertz CT molecular complexity index is 1520. The number of allylic oxidation sites excluding steroid dienone is 5. The molecule has 2 unspecified atom stereocenters. The molecule has 2 aromatic rings. The fourth-order valence-electron chi connectivity index (χ4n) is 8.65. The lowest BCUT2D eigenvalue weighted by Gasteiger charge is -2.56. The molecule has 0 spiro atoms. The van der Waals surface area contributed by atoms with Crippen molar-refractivity contribution in [3.05, 3.63) is 94.1 Å². The number of ketones is 1. The van der Waals surface area contributed by atoms with Crippen molar-refractivity contribution in [1.29, 1.82) is 0 Å². The second-order valence-corrected chi connectivity index (χ2v) is 13.1. The molecule has 6 rings (SSSR count). The first-order chi connectivity index (χ1) is 20.8. The molecule has 234 valence electrons. The fourth-order valence-corrected chi connectivity index (χ4v) is 8.65. The van der Waals surface area contributed by atoms with Crippen LogP contribution in [0.25, 0.3) is 6.08 Å². The largest absolute Gasteiger partial charge is 0.497 e. The van der Waals surface area contributed by atoms with E-state index in [2.05, 4.69) is 0 Å². The Morgan fingerprint density at radius 3 is 2.34 bits per heavy atom. The number of fused-ring (bicyclic) bond motifs is 4. The summed E-state index contributed by atoms with van der Waals surface area (Å²) in [5, 5.41) is 11.4. The van der Waals surface area contributed by atoms with E-state index in [1.54, 1.807) is 13.2 Å². The van der Waals surface area contributed by atoms with Crippen LogP contribution in [0.1, 0.15) is 74.5 Å². The fraction of sp³-hybridized carbons (Fsp3) is 0.472. The van der Waals surface area contributed by atoms with Crippen LogP contribution < -0.4 is 4.74 Å². The number of rotatable bonds is 6. The maximum Gasteiger partial charge on any atom is 0.456 e. The van der Waals surface area contributed by atoms with Gasteiger partial charge in [-0.15, -0.1) is 0 Å². The van der Waals surface area contributed by atoms with Crippen molar-refractivity contribution >= 4 is 11.9 Å². The highest BCUT2D eigenvalue weighted by Gasteiger charge is 2.79. The molecule has 0 heterocycles. The summed E-state index contributed by atoms with van der Waals surface area (Å²) in [6, 6.07) is 15.5. The summed E-state index contributed by atoms with van der Waals surface area (Å²) in [5.41, 5.74) is 1.11. The number of ether oxygens (including phenoxy) is 1. The molecule has 4 aliphatic carbocycles. The van der Waals surface area contributed by atoms with Crippen LogP contribution in [0.15, 0.2) is 77.4 Å². The number of alkyl halides is 5. The zero-order valence-electron chi connectivity index (χ0n) is 24.9. The van der Waals surface area contributed by atoms with E-state index >= 15 is 8.78 Å². The average Bonchev–Trinajstić information content (AvgIpc) is 3.28. The Morgan fingerprint density at radius 2 is 1.68 bits per heavy atom. The van der Waals surface area contributed by atoms with Gasteiger partial charge < -0.3 is 9.84 Å². The van der Waals surface area contributed by atoms with Crippen molar-refractivity contribution in [2.45, 2.75) is 81.9 Å². The summed E-state index contributed by atoms with van der Waals surface area (Å²) in [6.45, 7) is 1.45. The summed E-state index contributed by atoms with van der Waals surface area (Å²) >= 11 is 0. The Morgan fingerprint density at radius 1 is 0.977 bits per heavy atom. The molecule has 0 bridgehead atoms. The third kappa shape index (κ3) is 4.84. The standard InChI is InChI=1S/C36H37F5O3/c1-33-21-30(24-10-6-22(7-11-24)4-3-5-23-8-14-27(44-2)15-9-23)32-28-17-13-26(42)20-25(28)12-16-29(32)31(33)18-19-34(33,43)35(37,38)36(39,40)41/h3-4,6-11,14-15,20,29-31,43H,5,12-13,16-19,21H2,1-2H3/b4-3+/t29?,30-,31?,33+,34+/m1/s1. The van der Waals surface area contributed by atoms with Gasteiger partial charge in [-0.3, -0.25) is 4.79 Å². The lowest BCUT2D eigenvalue weighted by Crippen LogP contribution is -2.65. The van der Waals surface area contributed by atoms with Crippen molar-refractivity contribution < 1.29 is 36.6 Å². The SMILES string of the molecule is COc1ccc(C/C=C/c2ccc([C@H]3C[C@@]4(C)C(CC[C@@]4(O)C(F)(F)C(F)(F)F)C4CCC5=CC(=O)CCC5=C43)cc2)cc1. The van der Waals surface area contributed by atoms with Gasteiger partial charge >= 0.3 is 12.1 Å². The topological polar surface area (TPSA) is 46.5 Å². The first kappa shape index (κ1) is 30.8. The van der Waals surface area contributed by atoms with Crippen LogP contribution in [0.2, 0.25) is 0 Å². The van der Waals surface area contributed by atoms with Crippen LogP contribution >= 0.6 is 0 Å². The minimum absolute atomic E-state index is 0.0247. The van der Waals surface area contributed by atoms with Gasteiger partial charge in [0.15, 0.2) is 5.78 Å². The number of carbonyl (C=O) groups is 1. The number of carbonyl (C=O) groups excluding carboxylic acids is 1. The van der Waals surface area contributed by atoms with Crippen molar-refractivity contribution in [3.63, 3.8) is 0 Å². The van der Waals surface area contributed by atoms with Gasteiger partial charge in [-0.05, 0) is 103 Å². The van der Waals surface area contributed by atoms with Crippen molar-refractivity contribution in [2.24, 2.45) is 17.3 Å². The van der Waals surface area contributed by atoms with Crippen molar-refractivity contribution in [3.8, 4) is 5.75 Å². The van der Waals surface area contributed by atoms with Crippen LogP contribution in [0.5, 0.6) is 5.75 Å². The number of hydrogen-bond acceptors (Lipinski definition) is 3. The van der Waals surface area contributed by atoms with E-state index in [-0.39, 0.29) is 24.5 Å². The van der Waals surface area contributed by atoms with Gasteiger partial charge in [0.25, 0.3) is 0 Å². The summed E-state index contributed by atoms with van der Waals surface area (Å²) in [5.74, 6) is -5.59. The van der Waals surface area contributed by atoms with E-state index in [0.717, 1.165) is 39.2 Å². The molecule has 2 fully saturated rings. The van der Waals surface area contributed by atoms with E-state index in [0.29, 0.717) is 32.1 Å². The molecule has 0 saturated heterocycles. The average molecular weight is 613 g/mol. The van der Waals surface area contributed by atoms with Gasteiger partial charge in [-0.2, -0.15) is 22.0 Å². The van der Waals surface area contributed by atoms with E-state index in [1.807, 2.05) is 60.7 Å². The molecule has 0 aromatic heterocycles. The maximum absolute atomic E-state index is 15.2. The number of hydrogen-bond donors (Lipinski definition) is 1. The van der Waals surface area contributed by atoms with Crippen molar-refractivity contribution in [1.82, 2.24) is 0 Å².